The molecule has 0 aromatic carbocycles. The first-order chi connectivity index (χ1) is 5.29. The van der Waals surface area contributed by atoms with Gasteiger partial charge in [0.05, 0.1) is 0 Å². The van der Waals surface area contributed by atoms with Gasteiger partial charge in [-0.3, -0.25) is 0 Å². The van der Waals surface area contributed by atoms with Crippen LogP contribution in [0.15, 0.2) is 24.3 Å². The van der Waals surface area contributed by atoms with E-state index < -0.39 is 11.9 Å². The first-order valence-electron chi connectivity index (χ1n) is 3.06. The first-order valence-corrected chi connectivity index (χ1v) is 3.06. The molecule has 0 atom stereocenters. The Balaban J connectivity index is -0.00000000893. The minimum Gasteiger partial charge on any atom is -1.00 e. The molecule has 0 rings (SSSR count). The number of carboxylic acid groups (broad SMARTS) is 2. The summed E-state index contributed by atoms with van der Waals surface area (Å²) in [5, 5.41) is 15.8. The summed E-state index contributed by atoms with van der Waals surface area (Å²) in [6, 6.07) is 0. The Morgan fingerprint density at radius 2 is 0.750 bits per heavy atom. The number of aliphatic carboxylic acids is 2. The molecule has 0 heterocycles. The van der Waals surface area contributed by atoms with Crippen LogP contribution in [0.2, 0.25) is 0 Å². The summed E-state index contributed by atoms with van der Waals surface area (Å²) in [7, 11) is 0. The molecule has 0 saturated heterocycles. The van der Waals surface area contributed by atoms with Gasteiger partial charge in [0, 0.05) is 11.1 Å². The topological polar surface area (TPSA) is 165 Å². The molecule has 0 aliphatic heterocycles. The zero-order valence-corrected chi connectivity index (χ0v) is 15.2. The molecule has 0 spiro atoms. The molecule has 0 aliphatic rings. The van der Waals surface area contributed by atoms with E-state index in [1.165, 1.54) is 13.8 Å². The Morgan fingerprint density at radius 3 is 0.750 bits per heavy atom. The van der Waals surface area contributed by atoms with Crippen molar-refractivity contribution in [2.24, 2.45) is 0 Å². The average molecular weight is 434 g/mol. The molecular weight excluding hydrogens is 418 g/mol. The molecule has 0 fully saturated rings. The second-order valence-corrected chi connectivity index (χ2v) is 2.17. The molecule has 12 heteroatoms. The molecule has 20 heavy (non-hydrogen) atoms. The van der Waals surface area contributed by atoms with Gasteiger partial charge in [0.25, 0.3) is 0 Å². The van der Waals surface area contributed by atoms with Gasteiger partial charge in [-0.05, 0) is 13.8 Å². The minimum atomic E-state index is -0.935. The maximum Gasteiger partial charge on any atom is 3.00 e. The average Bonchev–Trinajstić information content (AvgIpc) is 1.88. The van der Waals surface area contributed by atoms with Gasteiger partial charge < -0.3 is 63.9 Å². The maximum absolute atomic E-state index is 9.60. The Kier molecular flexibility index (Phi) is 153. The first kappa shape index (κ1) is 71.5. The summed E-state index contributed by atoms with van der Waals surface area (Å²) in [6.07, 6.45) is 0. The Hall–Kier alpha value is 0.235. The summed E-state index contributed by atoms with van der Waals surface area (Å²) in [4.78, 5) is 19.2. The van der Waals surface area contributed by atoms with Crippen LogP contribution >= 0.6 is 0 Å². The fraction of sp³-hybridized carbons (Fsp3) is 0.250. The predicted molar refractivity (Wildman–Crippen MR) is 50.7 cm³/mol. The third kappa shape index (κ3) is 79.9. The summed E-state index contributed by atoms with van der Waals surface area (Å²) in [5.74, 6) is -1.87. The van der Waals surface area contributed by atoms with Gasteiger partial charge in [0.15, 0.2) is 0 Å². The van der Waals surface area contributed by atoms with E-state index in [1.807, 2.05) is 0 Å². The van der Waals surface area contributed by atoms with Gasteiger partial charge >= 0.3 is 46.7 Å². The molecule has 122 valence electrons. The molecule has 0 aliphatic carbocycles. The Labute approximate surface area is 157 Å². The summed E-state index contributed by atoms with van der Waals surface area (Å²) in [6.45, 7) is 9.20. The largest absolute Gasteiger partial charge is 3.00 e. The standard InChI is InChI=1S/2C4H6O2.3ClH.2Cr.3H2O/c2*1-3(2)4(5)6;;;;;;;;/h2*1H2,2H3,(H,5,6);3*1H;;;3*1H2/q;;;;;2*+3;;;/p-6. The maximum atomic E-state index is 9.60. The van der Waals surface area contributed by atoms with Crippen LogP contribution in [0, 0.1) is 0 Å². The zero-order valence-electron chi connectivity index (χ0n) is 10.4. The van der Waals surface area contributed by atoms with Gasteiger partial charge in [0.1, 0.15) is 0 Å². The van der Waals surface area contributed by atoms with Crippen LogP contribution in [-0.4, -0.2) is 38.6 Å². The third-order valence-electron chi connectivity index (χ3n) is 0.730. The van der Waals surface area contributed by atoms with Crippen molar-refractivity contribution in [1.29, 1.82) is 0 Å². The number of halogens is 3. The van der Waals surface area contributed by atoms with Crippen molar-refractivity contribution in [2.45, 2.75) is 13.8 Å². The smallest absolute Gasteiger partial charge is 1.00 e. The molecule has 0 unspecified atom stereocenters. The van der Waals surface area contributed by atoms with Gasteiger partial charge in [-0.25, -0.2) is 9.59 Å². The van der Waals surface area contributed by atoms with Crippen LogP contribution in [0.3, 0.4) is 0 Å². The molecule has 7 nitrogen and oxygen atoms in total. The molecule has 2 radical (unpaired) electrons. The van der Waals surface area contributed by atoms with Crippen LogP contribution in [0.4, 0.5) is 0 Å². The van der Waals surface area contributed by atoms with Crippen molar-refractivity contribution in [3.8, 4) is 0 Å². The van der Waals surface area contributed by atoms with E-state index in [0.29, 0.717) is 0 Å². The molecule has 0 amide bonds. The van der Waals surface area contributed by atoms with Crippen LogP contribution in [-0.2, 0) is 44.3 Å². The molecule has 0 saturated carbocycles. The van der Waals surface area contributed by atoms with Crippen molar-refractivity contribution in [3.05, 3.63) is 24.3 Å². The summed E-state index contributed by atoms with van der Waals surface area (Å²) >= 11 is 0. The van der Waals surface area contributed by atoms with Crippen molar-refractivity contribution in [3.63, 3.8) is 0 Å². The van der Waals surface area contributed by atoms with E-state index in [2.05, 4.69) is 13.2 Å². The fourth-order valence-corrected chi connectivity index (χ4v) is 0. The number of hydrogen-bond donors (Lipinski definition) is 2. The monoisotopic (exact) mass is 432 g/mol. The van der Waals surface area contributed by atoms with E-state index in [0.717, 1.165) is 0 Å². The van der Waals surface area contributed by atoms with Crippen molar-refractivity contribution in [1.82, 2.24) is 0 Å². The quantitative estimate of drug-likeness (QED) is 0.408. The second-order valence-electron chi connectivity index (χ2n) is 2.17. The van der Waals surface area contributed by atoms with Gasteiger partial charge in [0.2, 0.25) is 0 Å². The van der Waals surface area contributed by atoms with Crippen LogP contribution in [0.25, 0.3) is 0 Å². The number of carboxylic acids is 2. The molecule has 0 aromatic rings. The molecule has 0 bridgehead atoms. The predicted octanol–water partition coefficient (Wildman–Crippen LogP) is -8.23. The normalized spacial score (nSPS) is 4.50. The number of hydrogen-bond acceptors (Lipinski definition) is 5. The van der Waals surface area contributed by atoms with Crippen molar-refractivity contribution < 1.29 is 108 Å². The summed E-state index contributed by atoms with van der Waals surface area (Å²) < 4.78 is 0. The molecular formula is C8H15Cl3Cr2O7. The fourth-order valence-electron chi connectivity index (χ4n) is 0. The SMILES string of the molecule is C=C(C)C(=O)O.C=C(C)C(=O)O.[Cl-].[Cl-].[Cl-].[Cr+3].[Cr+3].[OH-].[OH-].[OH-]. The van der Waals surface area contributed by atoms with E-state index in [-0.39, 0.29) is 99.5 Å². The van der Waals surface area contributed by atoms with Crippen LogP contribution < -0.4 is 37.2 Å². The number of rotatable bonds is 2. The van der Waals surface area contributed by atoms with Gasteiger partial charge in [-0.2, -0.15) is 0 Å². The minimum absolute atomic E-state index is 0. The van der Waals surface area contributed by atoms with Gasteiger partial charge in [-0.1, -0.05) is 13.2 Å². The number of carbonyl (C=O) groups is 2. The Morgan fingerprint density at radius 1 is 0.700 bits per heavy atom. The van der Waals surface area contributed by atoms with Crippen molar-refractivity contribution >= 4 is 11.9 Å². The molecule has 5 N–H and O–H groups in total. The zero-order chi connectivity index (χ0) is 10.3. The summed E-state index contributed by atoms with van der Waals surface area (Å²) in [5.41, 5.74) is 0.352. The molecule has 0 aromatic heterocycles. The van der Waals surface area contributed by atoms with E-state index >= 15 is 0 Å². The van der Waals surface area contributed by atoms with Crippen LogP contribution in [0.5, 0.6) is 0 Å². The Bertz CT molecular complexity index is 192. The second kappa shape index (κ2) is 42.7. The van der Waals surface area contributed by atoms with Crippen LogP contribution in [0.1, 0.15) is 13.8 Å². The van der Waals surface area contributed by atoms with E-state index in [4.69, 9.17) is 10.2 Å². The van der Waals surface area contributed by atoms with Crippen molar-refractivity contribution in [2.75, 3.05) is 0 Å². The third-order valence-corrected chi connectivity index (χ3v) is 0.730. The van der Waals surface area contributed by atoms with Gasteiger partial charge in [-0.15, -0.1) is 0 Å². The van der Waals surface area contributed by atoms with E-state index in [1.54, 1.807) is 0 Å². The van der Waals surface area contributed by atoms with E-state index in [9.17, 15) is 9.59 Å².